The second-order valence-electron chi connectivity index (χ2n) is 5.01. The number of benzene rings is 1. The van der Waals surface area contributed by atoms with Gasteiger partial charge in [-0.05, 0) is 31.9 Å². The molecular weight excluding hydrogens is 186 g/mol. The van der Waals surface area contributed by atoms with Crippen LogP contribution in [0.3, 0.4) is 0 Å². The highest BCUT2D eigenvalue weighted by Gasteiger charge is 2.35. The molecule has 1 atom stereocenters. The van der Waals surface area contributed by atoms with Crippen LogP contribution in [0.1, 0.15) is 31.7 Å². The number of aliphatic hydroxyl groups is 1. The third-order valence-corrected chi connectivity index (χ3v) is 3.61. The first kappa shape index (κ1) is 10.5. The van der Waals surface area contributed by atoms with E-state index in [2.05, 4.69) is 44.0 Å². The first-order chi connectivity index (χ1) is 7.06. The highest BCUT2D eigenvalue weighted by atomic mass is 16.3. The highest BCUT2D eigenvalue weighted by molar-refractivity contribution is 5.58. The van der Waals surface area contributed by atoms with E-state index < -0.39 is 0 Å². The van der Waals surface area contributed by atoms with Gasteiger partial charge in [0.15, 0.2) is 0 Å². The highest BCUT2D eigenvalue weighted by Crippen LogP contribution is 2.41. The lowest BCUT2D eigenvalue weighted by atomic mass is 9.80. The van der Waals surface area contributed by atoms with Gasteiger partial charge in [0.25, 0.3) is 0 Å². The fraction of sp³-hybridized carbons (Fsp3) is 0.538. The van der Waals surface area contributed by atoms with Crippen molar-refractivity contribution in [2.45, 2.75) is 31.7 Å². The molecule has 15 heavy (non-hydrogen) atoms. The molecule has 1 aromatic rings. The van der Waals surface area contributed by atoms with Gasteiger partial charge >= 0.3 is 0 Å². The van der Waals surface area contributed by atoms with Gasteiger partial charge in [0, 0.05) is 24.2 Å². The summed E-state index contributed by atoms with van der Waals surface area (Å²) in [7, 11) is 2.13. The summed E-state index contributed by atoms with van der Waals surface area (Å²) < 4.78 is 0. The van der Waals surface area contributed by atoms with E-state index in [4.69, 9.17) is 0 Å². The summed E-state index contributed by atoms with van der Waals surface area (Å²) in [5.74, 6) is 0.285. The van der Waals surface area contributed by atoms with Crippen molar-refractivity contribution >= 4 is 5.69 Å². The summed E-state index contributed by atoms with van der Waals surface area (Å²) in [5, 5.41) is 9.44. The third-order valence-electron chi connectivity index (χ3n) is 3.61. The molecule has 1 aromatic carbocycles. The minimum atomic E-state index is 0.127. The number of anilines is 1. The quantitative estimate of drug-likeness (QED) is 0.761. The zero-order valence-electron chi connectivity index (χ0n) is 9.70. The van der Waals surface area contributed by atoms with E-state index in [1.165, 1.54) is 11.3 Å². The maximum absolute atomic E-state index is 9.44. The first-order valence-electron chi connectivity index (χ1n) is 5.50. The molecule has 1 aliphatic heterocycles. The van der Waals surface area contributed by atoms with Crippen LogP contribution in [0, 0.1) is 0 Å². The van der Waals surface area contributed by atoms with E-state index in [0.717, 1.165) is 6.42 Å². The minimum absolute atomic E-state index is 0.127. The summed E-state index contributed by atoms with van der Waals surface area (Å²) >= 11 is 0. The zero-order chi connectivity index (χ0) is 11.1. The van der Waals surface area contributed by atoms with Crippen molar-refractivity contribution in [1.29, 1.82) is 0 Å². The third kappa shape index (κ3) is 1.63. The van der Waals surface area contributed by atoms with Crippen LogP contribution in [-0.2, 0) is 0 Å². The molecule has 1 aliphatic rings. The van der Waals surface area contributed by atoms with Crippen molar-refractivity contribution in [1.82, 2.24) is 0 Å². The van der Waals surface area contributed by atoms with Crippen LogP contribution >= 0.6 is 0 Å². The second kappa shape index (κ2) is 3.53. The van der Waals surface area contributed by atoms with Gasteiger partial charge in [-0.15, -0.1) is 0 Å². The summed E-state index contributed by atoms with van der Waals surface area (Å²) in [6.07, 6.45) is 1.01. The molecule has 1 N–H and O–H groups in total. The maximum Gasteiger partial charge on any atom is 0.0501 e. The zero-order valence-corrected chi connectivity index (χ0v) is 9.70. The van der Waals surface area contributed by atoms with Crippen molar-refractivity contribution in [2.24, 2.45) is 0 Å². The van der Waals surface area contributed by atoms with Crippen molar-refractivity contribution in [3.05, 3.63) is 29.8 Å². The largest absolute Gasteiger partial charge is 0.396 e. The average Bonchev–Trinajstić information content (AvgIpc) is 2.24. The molecule has 82 valence electrons. The Hall–Kier alpha value is -1.02. The van der Waals surface area contributed by atoms with E-state index in [0.29, 0.717) is 0 Å². The molecule has 0 fully saturated rings. The van der Waals surface area contributed by atoms with Gasteiger partial charge in [-0.25, -0.2) is 0 Å². The maximum atomic E-state index is 9.44. The molecule has 1 unspecified atom stereocenters. The number of para-hydroxylation sites is 1. The summed E-state index contributed by atoms with van der Waals surface area (Å²) in [5.41, 5.74) is 2.66. The van der Waals surface area contributed by atoms with Gasteiger partial charge in [-0.2, -0.15) is 0 Å². The van der Waals surface area contributed by atoms with E-state index in [1.54, 1.807) is 0 Å². The van der Waals surface area contributed by atoms with Gasteiger partial charge < -0.3 is 10.0 Å². The van der Waals surface area contributed by atoms with Gasteiger partial charge in [0.1, 0.15) is 0 Å². The Kier molecular flexibility index (Phi) is 2.47. The molecule has 0 aliphatic carbocycles. The lowest BCUT2D eigenvalue weighted by molar-refractivity contribution is 0.232. The Balaban J connectivity index is 2.50. The van der Waals surface area contributed by atoms with E-state index >= 15 is 0 Å². The van der Waals surface area contributed by atoms with Crippen LogP contribution < -0.4 is 4.90 Å². The van der Waals surface area contributed by atoms with Crippen LogP contribution in [0.5, 0.6) is 0 Å². The Bertz CT molecular complexity index is 359. The molecule has 2 nitrogen and oxygen atoms in total. The number of fused-ring (bicyclic) bond motifs is 1. The lowest BCUT2D eigenvalue weighted by Crippen LogP contribution is -2.46. The molecule has 0 amide bonds. The smallest absolute Gasteiger partial charge is 0.0501 e. The number of nitrogens with zero attached hydrogens (tertiary/aromatic N) is 1. The van der Waals surface area contributed by atoms with Crippen molar-refractivity contribution in [3.8, 4) is 0 Å². The predicted octanol–water partition coefficient (Wildman–Crippen LogP) is 2.38. The molecule has 2 rings (SSSR count). The molecule has 2 heteroatoms. The van der Waals surface area contributed by atoms with Gasteiger partial charge in [-0.3, -0.25) is 0 Å². The van der Waals surface area contributed by atoms with Gasteiger partial charge in [0.05, 0.1) is 6.61 Å². The topological polar surface area (TPSA) is 23.5 Å². The minimum Gasteiger partial charge on any atom is -0.396 e. The summed E-state index contributed by atoms with van der Waals surface area (Å²) in [4.78, 5) is 2.31. The van der Waals surface area contributed by atoms with Crippen molar-refractivity contribution in [3.63, 3.8) is 0 Å². The van der Waals surface area contributed by atoms with E-state index in [9.17, 15) is 5.11 Å². The second-order valence-corrected chi connectivity index (χ2v) is 5.01. The molecule has 0 radical (unpaired) electrons. The lowest BCUT2D eigenvalue weighted by Gasteiger charge is -2.45. The van der Waals surface area contributed by atoms with Gasteiger partial charge in [-0.1, -0.05) is 18.2 Å². The number of hydrogen-bond donors (Lipinski definition) is 1. The van der Waals surface area contributed by atoms with Crippen LogP contribution in [-0.4, -0.2) is 24.3 Å². The summed E-state index contributed by atoms with van der Waals surface area (Å²) in [6.45, 7) is 4.70. The van der Waals surface area contributed by atoms with Crippen molar-refractivity contribution < 1.29 is 5.11 Å². The summed E-state index contributed by atoms with van der Waals surface area (Å²) in [6, 6.07) is 8.37. The molecular formula is C13H19NO. The van der Waals surface area contributed by atoms with Crippen LogP contribution in [0.4, 0.5) is 5.69 Å². The normalized spacial score (nSPS) is 23.7. The molecule has 0 saturated carbocycles. The number of aliphatic hydroxyl groups excluding tert-OH is 1. The van der Waals surface area contributed by atoms with Gasteiger partial charge in [0.2, 0.25) is 0 Å². The van der Waals surface area contributed by atoms with E-state index in [1.807, 2.05) is 6.07 Å². The monoisotopic (exact) mass is 205 g/mol. The fourth-order valence-corrected chi connectivity index (χ4v) is 2.48. The Morgan fingerprint density at radius 2 is 2.07 bits per heavy atom. The Morgan fingerprint density at radius 1 is 1.40 bits per heavy atom. The number of rotatable bonds is 1. The molecule has 0 spiro atoms. The SMILES string of the molecule is CN1c2ccccc2C(CO)CC1(C)C. The Morgan fingerprint density at radius 3 is 2.73 bits per heavy atom. The van der Waals surface area contributed by atoms with E-state index in [-0.39, 0.29) is 18.1 Å². The molecule has 0 aromatic heterocycles. The van der Waals surface area contributed by atoms with Crippen LogP contribution in [0.2, 0.25) is 0 Å². The molecule has 1 heterocycles. The molecule has 0 saturated heterocycles. The van der Waals surface area contributed by atoms with Crippen LogP contribution in [0.15, 0.2) is 24.3 Å². The fourth-order valence-electron chi connectivity index (χ4n) is 2.48. The Labute approximate surface area is 91.5 Å². The average molecular weight is 205 g/mol. The van der Waals surface area contributed by atoms with Crippen LogP contribution in [0.25, 0.3) is 0 Å². The van der Waals surface area contributed by atoms with Crippen molar-refractivity contribution in [2.75, 3.05) is 18.6 Å². The number of hydrogen-bond acceptors (Lipinski definition) is 2. The first-order valence-corrected chi connectivity index (χ1v) is 5.50. The molecule has 0 bridgehead atoms. The predicted molar refractivity (Wildman–Crippen MR) is 63.4 cm³/mol. The standard InChI is InChI=1S/C13H19NO/c1-13(2)8-10(9-15)11-6-4-5-7-12(11)14(13)3/h4-7,10,15H,8-9H2,1-3H3.